The van der Waals surface area contributed by atoms with Crippen LogP contribution in [0, 0.1) is 0 Å². The second-order valence-electron chi connectivity index (χ2n) is 8.24. The smallest absolute Gasteiger partial charge is 0.352 e. The van der Waals surface area contributed by atoms with Gasteiger partial charge in [-0.05, 0) is 6.07 Å². The number of nitrogen functional groups attached to an aromatic ring is 1. The summed E-state index contributed by atoms with van der Waals surface area (Å²) in [4.78, 5) is 60.4. The van der Waals surface area contributed by atoms with Crippen LogP contribution < -0.4 is 21.2 Å². The molecule has 0 bridgehead atoms. The number of amides is 3. The normalized spacial score (nSPS) is 19.2. The molecule has 5 heterocycles. The largest absolute Gasteiger partial charge is 0.477 e. The van der Waals surface area contributed by atoms with Crippen molar-refractivity contribution >= 4 is 63.3 Å². The number of aromatic nitrogens is 3. The molecule has 16 heteroatoms. The maximum Gasteiger partial charge on any atom is 0.352 e. The van der Waals surface area contributed by atoms with Crippen LogP contribution >= 0.6 is 23.1 Å². The number of carbonyl (C=O) groups excluding carboxylic acids is 3. The van der Waals surface area contributed by atoms with E-state index in [0.717, 1.165) is 16.2 Å². The Morgan fingerprint density at radius 3 is 2.82 bits per heavy atom. The third kappa shape index (κ3) is 4.22. The number of carbonyl (C=O) groups is 4. The first-order valence-corrected chi connectivity index (χ1v) is 13.0. The fraction of sp³-hybridized carbons (Fsp3) is 0.227. The highest BCUT2D eigenvalue weighted by atomic mass is 32.2. The fourth-order valence-corrected chi connectivity index (χ4v) is 6.25. The predicted octanol–water partition coefficient (Wildman–Crippen LogP) is -0.846. The first-order chi connectivity index (χ1) is 18.2. The number of hydrogen-bond acceptors (Lipinski definition) is 10. The van der Waals surface area contributed by atoms with Gasteiger partial charge in [0.15, 0.2) is 10.8 Å². The molecule has 3 amide bonds. The summed E-state index contributed by atoms with van der Waals surface area (Å²) in [7, 11) is 1.26. The highest BCUT2D eigenvalue weighted by molar-refractivity contribution is 8.00. The highest BCUT2D eigenvalue weighted by Crippen LogP contribution is 2.41. The number of rotatable bonds is 8. The van der Waals surface area contributed by atoms with E-state index in [1.165, 1.54) is 24.3 Å². The van der Waals surface area contributed by atoms with E-state index in [1.54, 1.807) is 39.6 Å². The topological polar surface area (TPSA) is 199 Å². The Kier molecular flexibility index (Phi) is 6.50. The zero-order valence-corrected chi connectivity index (χ0v) is 21.4. The second kappa shape index (κ2) is 9.79. The average Bonchev–Trinajstić information content (AvgIpc) is 3.48. The van der Waals surface area contributed by atoms with Gasteiger partial charge >= 0.3 is 5.97 Å². The molecular weight excluding hydrogens is 536 g/mol. The summed E-state index contributed by atoms with van der Waals surface area (Å²) < 4.78 is 3.31. The molecule has 3 aromatic heterocycles. The van der Waals surface area contributed by atoms with E-state index >= 15 is 0 Å². The van der Waals surface area contributed by atoms with Crippen LogP contribution in [0.5, 0.6) is 0 Å². The molecule has 0 aromatic carbocycles. The number of primary amides is 1. The van der Waals surface area contributed by atoms with Gasteiger partial charge in [0.2, 0.25) is 5.69 Å². The van der Waals surface area contributed by atoms with Gasteiger partial charge in [0.05, 0.1) is 6.20 Å². The third-order valence-electron chi connectivity index (χ3n) is 6.00. The lowest BCUT2D eigenvalue weighted by Crippen LogP contribution is -2.71. The lowest BCUT2D eigenvalue weighted by molar-refractivity contribution is -0.510. The van der Waals surface area contributed by atoms with E-state index in [4.69, 9.17) is 16.3 Å². The molecule has 196 valence electrons. The van der Waals surface area contributed by atoms with Crippen LogP contribution in [0.15, 0.2) is 52.4 Å². The number of anilines is 1. The number of aliphatic carboxylic acids is 1. The van der Waals surface area contributed by atoms with Gasteiger partial charge in [0.1, 0.15) is 42.7 Å². The summed E-state index contributed by atoms with van der Waals surface area (Å²) in [5.74, 6) is -3.05. The van der Waals surface area contributed by atoms with E-state index in [1.807, 2.05) is 0 Å². The van der Waals surface area contributed by atoms with Gasteiger partial charge in [-0.3, -0.25) is 19.3 Å². The number of β-lactam (4-membered cyclic amide) rings is 1. The van der Waals surface area contributed by atoms with E-state index < -0.39 is 35.1 Å². The summed E-state index contributed by atoms with van der Waals surface area (Å²) >= 11 is 2.40. The minimum atomic E-state index is -1.30. The Morgan fingerprint density at radius 2 is 2.16 bits per heavy atom. The molecule has 0 unspecified atom stereocenters. The van der Waals surface area contributed by atoms with Crippen molar-refractivity contribution in [3.63, 3.8) is 0 Å². The van der Waals surface area contributed by atoms with E-state index in [2.05, 4.69) is 15.5 Å². The van der Waals surface area contributed by atoms with Crippen LogP contribution in [0.1, 0.15) is 16.2 Å². The highest BCUT2D eigenvalue weighted by Gasteiger charge is 2.54. The van der Waals surface area contributed by atoms with Crippen LogP contribution in [-0.4, -0.2) is 73.2 Å². The number of oxime groups is 1. The molecule has 0 saturated carbocycles. The van der Waals surface area contributed by atoms with Crippen molar-refractivity contribution in [1.82, 2.24) is 19.8 Å². The molecule has 1 saturated heterocycles. The van der Waals surface area contributed by atoms with Crippen molar-refractivity contribution in [2.75, 3.05) is 18.6 Å². The summed E-state index contributed by atoms with van der Waals surface area (Å²) in [6, 6.07) is 4.33. The minimum absolute atomic E-state index is 0.0246. The molecule has 3 aromatic rings. The molecule has 6 N–H and O–H groups in total. The van der Waals surface area contributed by atoms with Gasteiger partial charge in [-0.25, -0.2) is 18.7 Å². The number of hydrogen-bond donors (Lipinski definition) is 4. The molecule has 0 radical (unpaired) electrons. The number of thioether (sulfide) groups is 1. The maximum absolute atomic E-state index is 13.1. The van der Waals surface area contributed by atoms with Crippen molar-refractivity contribution in [3.05, 3.63) is 58.6 Å². The van der Waals surface area contributed by atoms with Gasteiger partial charge in [0.25, 0.3) is 23.4 Å². The number of carboxylic acid groups (broad SMARTS) is 1. The molecular formula is C22H21N8O6S2+. The van der Waals surface area contributed by atoms with Crippen LogP contribution in [0.3, 0.4) is 0 Å². The molecule has 0 aliphatic carbocycles. The Balaban J connectivity index is 1.42. The summed E-state index contributed by atoms with van der Waals surface area (Å²) in [5, 5.41) is 17.4. The van der Waals surface area contributed by atoms with Crippen molar-refractivity contribution in [2.45, 2.75) is 18.0 Å². The van der Waals surface area contributed by atoms with Crippen molar-refractivity contribution in [2.24, 2.45) is 10.9 Å². The van der Waals surface area contributed by atoms with Crippen molar-refractivity contribution in [1.29, 1.82) is 0 Å². The number of nitrogens with zero attached hydrogens (tertiary/aromatic N) is 5. The van der Waals surface area contributed by atoms with E-state index in [-0.39, 0.29) is 40.2 Å². The fourth-order valence-electron chi connectivity index (χ4n) is 4.37. The molecule has 38 heavy (non-hydrogen) atoms. The molecule has 1 fully saturated rings. The monoisotopic (exact) mass is 557 g/mol. The minimum Gasteiger partial charge on any atom is -0.477 e. The standard InChI is InChI=1S/C22H20N8O6S2/c1-36-27-14(11-9-38-22(24)25-11)18(32)26-15-19(33)30-16(21(34)35)10(8-37-20(15)30)6-29-12(17(23)31)7-28-5-3-2-4-13(28)29/h2-5,7,9,15,20H,6,8H2,1H3,(H5-,23,24,25,26,31,32,34,35)/p+1/b27-14-/t15-,20+/m1/s1. The average molecular weight is 558 g/mol. The molecule has 2 aliphatic heterocycles. The quantitative estimate of drug-likeness (QED) is 0.118. The number of nitrogens with one attached hydrogen (secondary N) is 1. The number of nitrogens with two attached hydrogens (primary N) is 2. The lowest BCUT2D eigenvalue weighted by Gasteiger charge is -2.49. The number of carboxylic acids is 1. The zero-order chi connectivity index (χ0) is 27.1. The first-order valence-electron chi connectivity index (χ1n) is 11.0. The van der Waals surface area contributed by atoms with E-state index in [0.29, 0.717) is 11.2 Å². The number of thiazole rings is 1. The van der Waals surface area contributed by atoms with Gasteiger partial charge in [-0.2, -0.15) is 0 Å². The predicted molar refractivity (Wildman–Crippen MR) is 136 cm³/mol. The molecule has 2 atom stereocenters. The Morgan fingerprint density at radius 1 is 1.37 bits per heavy atom. The Hall–Kier alpha value is -4.44. The number of fused-ring (bicyclic) bond motifs is 2. The van der Waals surface area contributed by atoms with Gasteiger partial charge in [0, 0.05) is 22.8 Å². The summed E-state index contributed by atoms with van der Waals surface area (Å²) in [6.45, 7) is 0.0246. The van der Waals surface area contributed by atoms with Crippen LogP contribution in [0.2, 0.25) is 0 Å². The molecule has 0 spiro atoms. The van der Waals surface area contributed by atoms with Crippen LogP contribution in [-0.2, 0) is 25.8 Å². The van der Waals surface area contributed by atoms with Gasteiger partial charge < -0.3 is 26.7 Å². The number of imidazole rings is 1. The Labute approximate surface area is 222 Å². The van der Waals surface area contributed by atoms with Gasteiger partial charge in [-0.1, -0.05) is 11.2 Å². The van der Waals surface area contributed by atoms with Gasteiger partial charge in [-0.15, -0.1) is 23.1 Å². The summed E-state index contributed by atoms with van der Waals surface area (Å²) in [5.41, 5.74) is 12.3. The second-order valence-corrected chi connectivity index (χ2v) is 10.2. The molecule has 5 rings (SSSR count). The molecule has 14 nitrogen and oxygen atoms in total. The number of pyridine rings is 1. The Bertz CT molecular complexity index is 1560. The maximum atomic E-state index is 13.1. The van der Waals surface area contributed by atoms with Crippen molar-refractivity contribution < 1.29 is 33.5 Å². The van der Waals surface area contributed by atoms with Crippen molar-refractivity contribution in [3.8, 4) is 0 Å². The molecule has 2 aliphatic rings. The zero-order valence-electron chi connectivity index (χ0n) is 19.7. The lowest BCUT2D eigenvalue weighted by atomic mass is 10.0. The van der Waals surface area contributed by atoms with Crippen LogP contribution in [0.25, 0.3) is 5.65 Å². The SMILES string of the molecule is CO/N=C(\C(=O)N[C@@H]1C(=O)N2C(C(=O)O)=C(Cn3c(C(N)=O)c[n+]4ccccc34)CS[C@@H]12)c1csc(N)n1. The third-order valence-corrected chi connectivity index (χ3v) is 8.01. The summed E-state index contributed by atoms with van der Waals surface area (Å²) in [6.07, 6.45) is 3.30. The van der Waals surface area contributed by atoms with E-state index in [9.17, 15) is 24.3 Å². The van der Waals surface area contributed by atoms with Crippen LogP contribution in [0.4, 0.5) is 5.13 Å². The first kappa shape index (κ1) is 25.2.